The normalized spacial score (nSPS) is 14.5. The molecule has 0 heterocycles. The Balaban J connectivity index is 2.05. The van der Waals surface area contributed by atoms with Crippen LogP contribution in [0.2, 0.25) is 0 Å². The van der Waals surface area contributed by atoms with Crippen molar-refractivity contribution in [3.63, 3.8) is 0 Å². The molecule has 1 aliphatic rings. The molecule has 3 rings (SSSR count). The molecule has 0 spiro atoms. The summed E-state index contributed by atoms with van der Waals surface area (Å²) in [5.74, 6) is 1.99. The van der Waals surface area contributed by atoms with E-state index in [1.165, 1.54) is 53.7 Å². The van der Waals surface area contributed by atoms with Gasteiger partial charge in [0.1, 0.15) is 0 Å². The maximum atomic E-state index is 5.95. The van der Waals surface area contributed by atoms with Crippen LogP contribution in [0.5, 0.6) is 0 Å². The maximum Gasteiger partial charge on any atom is 0.0668 e. The lowest BCUT2D eigenvalue weighted by molar-refractivity contribution is 0.619. The molecule has 0 atom stereocenters. The van der Waals surface area contributed by atoms with Crippen molar-refractivity contribution in [3.05, 3.63) is 59.7 Å². The van der Waals surface area contributed by atoms with Crippen LogP contribution in [0, 0.1) is 0 Å². The lowest BCUT2D eigenvalue weighted by atomic mass is 9.90. The molecule has 0 aromatic heterocycles. The van der Waals surface area contributed by atoms with Crippen molar-refractivity contribution in [1.82, 2.24) is 0 Å². The van der Waals surface area contributed by atoms with Gasteiger partial charge in [-0.25, -0.2) is 0 Å². The number of thioether (sulfide) groups is 1. The van der Waals surface area contributed by atoms with Crippen LogP contribution in [0.4, 0.5) is 0 Å². The van der Waals surface area contributed by atoms with Crippen LogP contribution in [-0.2, 0) is 4.75 Å². The van der Waals surface area contributed by atoms with Gasteiger partial charge in [-0.05, 0) is 47.3 Å². The predicted molar refractivity (Wildman–Crippen MR) is 105 cm³/mol. The number of alkyl halides is 1. The van der Waals surface area contributed by atoms with Gasteiger partial charge in [0.05, 0.1) is 4.75 Å². The molecule has 122 valence electrons. The summed E-state index contributed by atoms with van der Waals surface area (Å²) in [6, 6.07) is 18.0. The van der Waals surface area contributed by atoms with E-state index in [1.807, 2.05) is 0 Å². The van der Waals surface area contributed by atoms with Gasteiger partial charge in [-0.15, -0.1) is 23.4 Å². The van der Waals surface area contributed by atoms with E-state index in [1.54, 1.807) is 0 Å². The molecule has 2 heteroatoms. The lowest BCUT2D eigenvalue weighted by Crippen LogP contribution is -2.21. The summed E-state index contributed by atoms with van der Waals surface area (Å²) >= 11 is 8.10. The third kappa shape index (κ3) is 3.19. The molecule has 0 unspecified atom stereocenters. The molecule has 0 aliphatic heterocycles. The van der Waals surface area contributed by atoms with Crippen LogP contribution in [0.15, 0.2) is 48.5 Å². The smallest absolute Gasteiger partial charge is 0.0668 e. The van der Waals surface area contributed by atoms with Crippen LogP contribution in [0.1, 0.15) is 50.2 Å². The van der Waals surface area contributed by atoms with E-state index in [2.05, 4.69) is 67.2 Å². The van der Waals surface area contributed by atoms with Crippen molar-refractivity contribution in [1.29, 1.82) is 0 Å². The Morgan fingerprint density at radius 3 is 2.04 bits per heavy atom. The average molecular weight is 345 g/mol. The molecule has 0 nitrogen and oxygen atoms in total. The van der Waals surface area contributed by atoms with E-state index in [4.69, 9.17) is 11.6 Å². The van der Waals surface area contributed by atoms with Crippen molar-refractivity contribution < 1.29 is 0 Å². The fourth-order valence-corrected chi connectivity index (χ4v) is 5.57. The number of hydrogen-bond acceptors (Lipinski definition) is 1. The van der Waals surface area contributed by atoms with E-state index in [0.717, 1.165) is 12.3 Å². The fraction of sp³-hybridized carbons (Fsp3) is 0.429. The quantitative estimate of drug-likeness (QED) is 0.372. The van der Waals surface area contributed by atoms with Crippen molar-refractivity contribution in [2.45, 2.75) is 43.8 Å². The zero-order valence-electron chi connectivity index (χ0n) is 13.9. The molecule has 23 heavy (non-hydrogen) atoms. The van der Waals surface area contributed by atoms with Crippen molar-refractivity contribution in [3.8, 4) is 11.1 Å². The second-order valence-corrected chi connectivity index (χ2v) is 8.04. The topological polar surface area (TPSA) is 0 Å². The maximum absolute atomic E-state index is 5.95. The van der Waals surface area contributed by atoms with Gasteiger partial charge in [0, 0.05) is 5.88 Å². The minimum atomic E-state index is 0.119. The summed E-state index contributed by atoms with van der Waals surface area (Å²) in [6.07, 6.45) is 6.01. The van der Waals surface area contributed by atoms with Crippen LogP contribution in [0.25, 0.3) is 11.1 Å². The minimum Gasteiger partial charge on any atom is -0.145 e. The fourth-order valence-electron chi connectivity index (χ4n) is 3.64. The largest absolute Gasteiger partial charge is 0.145 e. The Morgan fingerprint density at radius 2 is 1.48 bits per heavy atom. The number of rotatable bonds is 8. The zero-order valence-corrected chi connectivity index (χ0v) is 15.4. The van der Waals surface area contributed by atoms with Gasteiger partial charge in [0.15, 0.2) is 0 Å². The minimum absolute atomic E-state index is 0.119. The van der Waals surface area contributed by atoms with Crippen molar-refractivity contribution in [2.75, 3.05) is 11.6 Å². The van der Waals surface area contributed by atoms with Crippen LogP contribution in [-0.4, -0.2) is 11.6 Å². The third-order valence-electron chi connectivity index (χ3n) is 4.77. The second kappa shape index (κ2) is 7.77. The molecular weight excluding hydrogens is 320 g/mol. The molecule has 0 saturated carbocycles. The molecular formula is C21H25ClS. The van der Waals surface area contributed by atoms with E-state index in [0.29, 0.717) is 0 Å². The molecule has 2 aromatic carbocycles. The van der Waals surface area contributed by atoms with Gasteiger partial charge in [-0.1, -0.05) is 68.3 Å². The Bertz CT molecular complexity index is 592. The summed E-state index contributed by atoms with van der Waals surface area (Å²) in [5.41, 5.74) is 5.88. The first kappa shape index (κ1) is 16.9. The second-order valence-electron chi connectivity index (χ2n) is 6.27. The number of benzene rings is 2. The summed E-state index contributed by atoms with van der Waals surface area (Å²) in [6.45, 7) is 2.28. The standard InChI is InChI=1S/C21H25ClS/c1-2-3-16-23-21(14-8-9-15-22)19-12-6-4-10-17(19)18-11-5-7-13-20(18)21/h4-7,10-13H,2-3,8-9,14-16H2,1H3. The van der Waals surface area contributed by atoms with Crippen molar-refractivity contribution in [2.24, 2.45) is 0 Å². The molecule has 0 radical (unpaired) electrons. The number of unbranched alkanes of at least 4 members (excludes halogenated alkanes) is 2. The summed E-state index contributed by atoms with van der Waals surface area (Å²) in [7, 11) is 0. The molecule has 0 amide bonds. The Hall–Kier alpha value is -0.920. The molecule has 0 fully saturated rings. The highest BCUT2D eigenvalue weighted by Crippen LogP contribution is 2.57. The summed E-state index contributed by atoms with van der Waals surface area (Å²) in [5, 5.41) is 0. The Labute approximate surface area is 149 Å². The first-order chi connectivity index (χ1) is 11.3. The van der Waals surface area contributed by atoms with Gasteiger partial charge in [0.2, 0.25) is 0 Å². The highest BCUT2D eigenvalue weighted by Gasteiger charge is 2.42. The average Bonchev–Trinajstić information content (AvgIpc) is 2.87. The molecule has 0 bridgehead atoms. The molecule has 0 N–H and O–H groups in total. The molecule has 2 aromatic rings. The van der Waals surface area contributed by atoms with Gasteiger partial charge in [0.25, 0.3) is 0 Å². The van der Waals surface area contributed by atoms with E-state index in [9.17, 15) is 0 Å². The van der Waals surface area contributed by atoms with E-state index in [-0.39, 0.29) is 4.75 Å². The Kier molecular flexibility index (Phi) is 5.71. The highest BCUT2D eigenvalue weighted by molar-refractivity contribution is 8.00. The summed E-state index contributed by atoms with van der Waals surface area (Å²) < 4.78 is 0.119. The summed E-state index contributed by atoms with van der Waals surface area (Å²) in [4.78, 5) is 0. The van der Waals surface area contributed by atoms with E-state index >= 15 is 0 Å². The van der Waals surface area contributed by atoms with Gasteiger partial charge in [-0.2, -0.15) is 0 Å². The van der Waals surface area contributed by atoms with Crippen molar-refractivity contribution >= 4 is 23.4 Å². The lowest BCUT2D eigenvalue weighted by Gasteiger charge is -2.32. The monoisotopic (exact) mass is 344 g/mol. The SMILES string of the molecule is CCCCSC1(CCCCCl)c2ccccc2-c2ccccc21. The zero-order chi connectivity index (χ0) is 16.1. The first-order valence-corrected chi connectivity index (χ1v) is 10.2. The van der Waals surface area contributed by atoms with Gasteiger partial charge >= 0.3 is 0 Å². The van der Waals surface area contributed by atoms with Gasteiger partial charge < -0.3 is 0 Å². The number of fused-ring (bicyclic) bond motifs is 3. The number of hydrogen-bond donors (Lipinski definition) is 0. The molecule has 0 saturated heterocycles. The molecule has 1 aliphatic carbocycles. The highest BCUT2D eigenvalue weighted by atomic mass is 35.5. The van der Waals surface area contributed by atoms with E-state index < -0.39 is 0 Å². The number of halogens is 1. The third-order valence-corrected chi connectivity index (χ3v) is 6.67. The van der Waals surface area contributed by atoms with Gasteiger partial charge in [-0.3, -0.25) is 0 Å². The predicted octanol–water partition coefficient (Wildman–Crippen LogP) is 6.85. The van der Waals surface area contributed by atoms with Crippen LogP contribution < -0.4 is 0 Å². The Morgan fingerprint density at radius 1 is 0.870 bits per heavy atom. The first-order valence-electron chi connectivity index (χ1n) is 8.73. The van der Waals surface area contributed by atoms with Crippen LogP contribution in [0.3, 0.4) is 0 Å². The van der Waals surface area contributed by atoms with Crippen LogP contribution >= 0.6 is 23.4 Å².